The maximum absolute atomic E-state index is 13.0. The third-order valence-electron chi connectivity index (χ3n) is 6.03. The number of esters is 1. The van der Waals surface area contributed by atoms with E-state index in [1.54, 1.807) is 66.7 Å². The van der Waals surface area contributed by atoms with Gasteiger partial charge in [0.1, 0.15) is 17.2 Å². The fourth-order valence-corrected chi connectivity index (χ4v) is 3.92. The zero-order chi connectivity index (χ0) is 25.6. The Balaban J connectivity index is 1.55. The molecule has 0 atom stereocenters. The van der Waals surface area contributed by atoms with Crippen LogP contribution in [0, 0.1) is 0 Å². The van der Waals surface area contributed by atoms with E-state index in [9.17, 15) is 9.59 Å². The van der Waals surface area contributed by atoms with E-state index >= 15 is 0 Å². The van der Waals surface area contributed by atoms with Crippen LogP contribution in [0.25, 0.3) is 0 Å². The maximum atomic E-state index is 13.0. The summed E-state index contributed by atoms with van der Waals surface area (Å²) < 4.78 is 16.7. The topological polar surface area (TPSA) is 61.8 Å². The van der Waals surface area contributed by atoms with Gasteiger partial charge in [-0.1, -0.05) is 82.2 Å². The number of hydrogen-bond donors (Lipinski definition) is 0. The third-order valence-corrected chi connectivity index (χ3v) is 6.03. The summed E-state index contributed by atoms with van der Waals surface area (Å²) in [5, 5.41) is 0. The first-order chi connectivity index (χ1) is 17.6. The van der Waals surface area contributed by atoms with Crippen LogP contribution in [-0.4, -0.2) is 25.5 Å². The van der Waals surface area contributed by atoms with Gasteiger partial charge in [-0.2, -0.15) is 0 Å². The van der Waals surface area contributed by atoms with Crippen molar-refractivity contribution in [2.75, 3.05) is 13.7 Å². The monoisotopic (exact) mass is 488 g/mol. The Morgan fingerprint density at radius 2 is 1.33 bits per heavy atom. The van der Waals surface area contributed by atoms with Crippen molar-refractivity contribution in [1.82, 2.24) is 0 Å². The summed E-state index contributed by atoms with van der Waals surface area (Å²) in [6.07, 6.45) is 10.0. The van der Waals surface area contributed by atoms with Crippen LogP contribution in [0.1, 0.15) is 84.6 Å². The molecule has 36 heavy (non-hydrogen) atoms. The van der Waals surface area contributed by atoms with Gasteiger partial charge in [0.25, 0.3) is 0 Å². The molecule has 5 heteroatoms. The molecule has 0 aliphatic rings. The Hall–Kier alpha value is -3.60. The van der Waals surface area contributed by atoms with Crippen LogP contribution in [-0.2, 0) is 0 Å². The molecule has 0 spiro atoms. The van der Waals surface area contributed by atoms with Gasteiger partial charge in [0, 0.05) is 11.6 Å². The van der Waals surface area contributed by atoms with Gasteiger partial charge in [0.05, 0.1) is 24.8 Å². The van der Waals surface area contributed by atoms with E-state index in [4.69, 9.17) is 14.2 Å². The molecule has 3 aromatic carbocycles. The van der Waals surface area contributed by atoms with E-state index in [-0.39, 0.29) is 11.5 Å². The van der Waals surface area contributed by atoms with Gasteiger partial charge >= 0.3 is 5.97 Å². The van der Waals surface area contributed by atoms with Crippen LogP contribution >= 0.6 is 0 Å². The molecule has 0 heterocycles. The minimum atomic E-state index is -0.556. The van der Waals surface area contributed by atoms with Crippen LogP contribution in [0.5, 0.6) is 17.2 Å². The number of rotatable bonds is 15. The lowest BCUT2D eigenvalue weighted by Gasteiger charge is -2.12. The molecule has 0 fully saturated rings. The highest BCUT2D eigenvalue weighted by molar-refractivity contribution is 6.11. The number of hydrogen-bond acceptors (Lipinski definition) is 5. The lowest BCUT2D eigenvalue weighted by Crippen LogP contribution is -2.12. The number of carbonyl (C=O) groups is 2. The molecule has 0 unspecified atom stereocenters. The molecular formula is C31H36O5. The van der Waals surface area contributed by atoms with Gasteiger partial charge in [0.2, 0.25) is 0 Å². The Morgan fingerprint density at radius 1 is 0.694 bits per heavy atom. The second-order valence-electron chi connectivity index (χ2n) is 8.79. The number of ketones is 1. The fourth-order valence-electron chi connectivity index (χ4n) is 3.92. The van der Waals surface area contributed by atoms with Crippen molar-refractivity contribution in [2.24, 2.45) is 0 Å². The minimum Gasteiger partial charge on any atom is -0.497 e. The van der Waals surface area contributed by atoms with E-state index in [1.165, 1.54) is 52.1 Å². The molecule has 0 saturated carbocycles. The Labute approximate surface area is 214 Å². The predicted molar refractivity (Wildman–Crippen MR) is 142 cm³/mol. The van der Waals surface area contributed by atoms with Crippen molar-refractivity contribution in [3.63, 3.8) is 0 Å². The number of ether oxygens (including phenoxy) is 3. The lowest BCUT2D eigenvalue weighted by molar-refractivity contribution is 0.0732. The summed E-state index contributed by atoms with van der Waals surface area (Å²) in [5.74, 6) is 0.580. The highest BCUT2D eigenvalue weighted by atomic mass is 16.5. The summed E-state index contributed by atoms with van der Waals surface area (Å²) >= 11 is 0. The molecule has 5 nitrogen and oxygen atoms in total. The zero-order valence-electron chi connectivity index (χ0n) is 21.3. The first kappa shape index (κ1) is 27.0. The Bertz CT molecular complexity index is 1090. The number of unbranched alkanes of at least 4 members (excludes halogenated alkanes) is 7. The number of carbonyl (C=O) groups excluding carboxylic acids is 2. The van der Waals surface area contributed by atoms with Crippen LogP contribution in [0.4, 0.5) is 0 Å². The van der Waals surface area contributed by atoms with Crippen molar-refractivity contribution in [3.05, 3.63) is 89.5 Å². The molecule has 0 amide bonds. The second kappa shape index (κ2) is 14.7. The predicted octanol–water partition coefficient (Wildman–Crippen LogP) is 7.66. The summed E-state index contributed by atoms with van der Waals surface area (Å²) in [4.78, 5) is 25.9. The first-order valence-electron chi connectivity index (χ1n) is 12.8. The van der Waals surface area contributed by atoms with Crippen molar-refractivity contribution < 1.29 is 23.8 Å². The normalized spacial score (nSPS) is 10.6. The highest BCUT2D eigenvalue weighted by Gasteiger charge is 2.19. The second-order valence-corrected chi connectivity index (χ2v) is 8.79. The van der Waals surface area contributed by atoms with Crippen molar-refractivity contribution in [1.29, 1.82) is 0 Å². The SMILES string of the molecule is CCCCCCCCCCOc1ccc(C(=O)Oc2cc(OC)ccc2C(=O)c2ccccc2)cc1. The lowest BCUT2D eigenvalue weighted by atomic mass is 10.0. The molecule has 0 aliphatic heterocycles. The highest BCUT2D eigenvalue weighted by Crippen LogP contribution is 2.28. The minimum absolute atomic E-state index is 0.156. The van der Waals surface area contributed by atoms with Crippen LogP contribution in [0.3, 0.4) is 0 Å². The largest absolute Gasteiger partial charge is 0.497 e. The molecule has 3 rings (SSSR count). The average Bonchev–Trinajstić information content (AvgIpc) is 2.92. The summed E-state index contributed by atoms with van der Waals surface area (Å²) in [7, 11) is 1.52. The number of benzene rings is 3. The van der Waals surface area contributed by atoms with Crippen molar-refractivity contribution >= 4 is 11.8 Å². The third kappa shape index (κ3) is 8.26. The van der Waals surface area contributed by atoms with E-state index in [0.29, 0.717) is 29.0 Å². The standard InChI is InChI=1S/C31H36O5/c1-3-4-5-6-7-8-9-13-22-35-26-18-16-25(17-19-26)31(33)36-29-23-27(34-2)20-21-28(29)30(32)24-14-11-10-12-15-24/h10-12,14-21,23H,3-9,13,22H2,1-2H3. The molecule has 0 aliphatic carbocycles. The molecule has 0 bridgehead atoms. The van der Waals surface area contributed by atoms with Gasteiger partial charge < -0.3 is 14.2 Å². The van der Waals surface area contributed by atoms with E-state index in [2.05, 4.69) is 6.92 Å². The summed E-state index contributed by atoms with van der Waals surface area (Å²) in [6, 6.07) is 20.6. The van der Waals surface area contributed by atoms with E-state index in [0.717, 1.165) is 12.2 Å². The van der Waals surface area contributed by atoms with Crippen LogP contribution in [0.15, 0.2) is 72.8 Å². The molecule has 0 radical (unpaired) electrons. The van der Waals surface area contributed by atoms with E-state index in [1.807, 2.05) is 6.07 Å². The van der Waals surface area contributed by atoms with Crippen molar-refractivity contribution in [2.45, 2.75) is 58.3 Å². The maximum Gasteiger partial charge on any atom is 0.343 e. The van der Waals surface area contributed by atoms with Gasteiger partial charge in [-0.25, -0.2) is 4.79 Å². The summed E-state index contributed by atoms with van der Waals surface area (Å²) in [5.41, 5.74) is 1.17. The quantitative estimate of drug-likeness (QED) is 0.0951. The van der Waals surface area contributed by atoms with Gasteiger partial charge in [0.15, 0.2) is 5.78 Å². The van der Waals surface area contributed by atoms with Crippen molar-refractivity contribution in [3.8, 4) is 17.2 Å². The van der Waals surface area contributed by atoms with Crippen LogP contribution in [0.2, 0.25) is 0 Å². The molecular weight excluding hydrogens is 452 g/mol. The first-order valence-corrected chi connectivity index (χ1v) is 12.8. The molecule has 3 aromatic rings. The average molecular weight is 489 g/mol. The Morgan fingerprint density at radius 3 is 2.00 bits per heavy atom. The molecule has 0 aromatic heterocycles. The van der Waals surface area contributed by atoms with Gasteiger partial charge in [-0.15, -0.1) is 0 Å². The summed E-state index contributed by atoms with van der Waals surface area (Å²) in [6.45, 7) is 2.89. The zero-order valence-corrected chi connectivity index (χ0v) is 21.3. The van der Waals surface area contributed by atoms with Crippen LogP contribution < -0.4 is 14.2 Å². The van der Waals surface area contributed by atoms with Gasteiger partial charge in [-0.3, -0.25) is 4.79 Å². The number of methoxy groups -OCH3 is 1. The Kier molecular flexibility index (Phi) is 11.0. The molecule has 0 N–H and O–H groups in total. The van der Waals surface area contributed by atoms with E-state index < -0.39 is 5.97 Å². The van der Waals surface area contributed by atoms with Gasteiger partial charge in [-0.05, 0) is 42.8 Å². The molecule has 190 valence electrons. The fraction of sp³-hybridized carbons (Fsp3) is 0.355. The molecule has 0 saturated heterocycles. The smallest absolute Gasteiger partial charge is 0.343 e.